The fourth-order valence-corrected chi connectivity index (χ4v) is 8.11. The van der Waals surface area contributed by atoms with E-state index in [2.05, 4.69) is 5.32 Å². The van der Waals surface area contributed by atoms with E-state index in [9.17, 15) is 4.79 Å². The minimum absolute atomic E-state index is 0.140. The third-order valence-electron chi connectivity index (χ3n) is 11.1. The summed E-state index contributed by atoms with van der Waals surface area (Å²) < 4.78 is 66.6. The monoisotopic (exact) mass is 845 g/mol. The van der Waals surface area contributed by atoms with Crippen LogP contribution >= 0.6 is 0 Å². The maximum absolute atomic E-state index is 12.9. The Hall–Kier alpha value is -4.83. The highest BCUT2D eigenvalue weighted by atomic mass is 16.8. The average Bonchev–Trinajstić information content (AvgIpc) is 3.32. The van der Waals surface area contributed by atoms with E-state index in [4.69, 9.17) is 47.4 Å². The van der Waals surface area contributed by atoms with Crippen molar-refractivity contribution in [2.24, 2.45) is 0 Å². The van der Waals surface area contributed by atoms with Gasteiger partial charge in [-0.3, -0.25) is 4.79 Å². The Morgan fingerprint density at radius 2 is 1.08 bits per heavy atom. The molecule has 1 amide bonds. The molecule has 0 aliphatic carbocycles. The zero-order chi connectivity index (χ0) is 42.5. The first-order valence-corrected chi connectivity index (χ1v) is 21.2. The van der Waals surface area contributed by atoms with E-state index >= 15 is 0 Å². The van der Waals surface area contributed by atoms with Gasteiger partial charge in [0.2, 0.25) is 5.91 Å². The van der Waals surface area contributed by atoms with Gasteiger partial charge >= 0.3 is 0 Å². The number of rotatable bonds is 18. The first-order valence-electron chi connectivity index (χ1n) is 21.2. The molecule has 62 heavy (non-hydrogen) atoms. The van der Waals surface area contributed by atoms with Crippen LogP contribution in [0.4, 0.5) is 0 Å². The first-order chi connectivity index (χ1) is 30.5. The number of carbonyl (C=O) groups excluding carboxylic acids is 1. The maximum atomic E-state index is 12.9. The SMILES string of the molecule is CO[C@H]1O[C@@H]2CO[C@H](c3ccccc3)O[C@H]2[C@H](O[C@@H]2O[C@H](COCc3ccccc3)[C@H](OCc3ccccc3)[C@H](OCc3ccccc3)[C@H]2OCc2ccccc2)[C@H]1NC(C)=O. The highest BCUT2D eigenvalue weighted by Gasteiger charge is 2.56. The molecular formula is C50H55NO11. The van der Waals surface area contributed by atoms with Crippen LogP contribution in [0.3, 0.4) is 0 Å². The summed E-state index contributed by atoms with van der Waals surface area (Å²) in [7, 11) is 1.53. The molecular weight excluding hydrogens is 791 g/mol. The van der Waals surface area contributed by atoms with Gasteiger partial charge in [0, 0.05) is 19.6 Å². The lowest BCUT2D eigenvalue weighted by Crippen LogP contribution is -2.69. The van der Waals surface area contributed by atoms with Gasteiger partial charge in [0.05, 0.1) is 39.6 Å². The molecule has 3 aliphatic heterocycles. The predicted octanol–water partition coefficient (Wildman–Crippen LogP) is 7.06. The minimum atomic E-state index is -1.10. The van der Waals surface area contributed by atoms with Crippen molar-refractivity contribution in [3.05, 3.63) is 179 Å². The lowest BCUT2D eigenvalue weighted by atomic mass is 9.94. The molecule has 3 heterocycles. The van der Waals surface area contributed by atoms with Gasteiger partial charge < -0.3 is 52.7 Å². The molecule has 8 rings (SSSR count). The summed E-state index contributed by atoms with van der Waals surface area (Å²) in [5, 5.41) is 3.04. The number of nitrogens with one attached hydrogen (secondary N) is 1. The summed E-state index contributed by atoms with van der Waals surface area (Å²) in [6.45, 7) is 2.87. The Morgan fingerprint density at radius 3 is 1.61 bits per heavy atom. The summed E-state index contributed by atoms with van der Waals surface area (Å²) in [6.07, 6.45) is -7.95. The first kappa shape index (κ1) is 43.8. The molecule has 326 valence electrons. The van der Waals surface area contributed by atoms with E-state index in [1.807, 2.05) is 152 Å². The van der Waals surface area contributed by atoms with Crippen LogP contribution in [0.5, 0.6) is 0 Å². The highest BCUT2D eigenvalue weighted by molar-refractivity contribution is 5.73. The number of amides is 1. The van der Waals surface area contributed by atoms with Crippen LogP contribution in [-0.2, 0) is 78.6 Å². The summed E-state index contributed by atoms with van der Waals surface area (Å²) in [5.41, 5.74) is 4.75. The molecule has 12 nitrogen and oxygen atoms in total. The molecule has 3 saturated heterocycles. The summed E-state index contributed by atoms with van der Waals surface area (Å²) >= 11 is 0. The van der Waals surface area contributed by atoms with Crippen LogP contribution in [0.2, 0.25) is 0 Å². The van der Waals surface area contributed by atoms with Gasteiger partial charge in [-0.1, -0.05) is 152 Å². The molecule has 11 atom stereocenters. The second kappa shape index (κ2) is 22.0. The van der Waals surface area contributed by atoms with E-state index in [-0.39, 0.29) is 38.9 Å². The van der Waals surface area contributed by atoms with Gasteiger partial charge in [-0.05, 0) is 22.3 Å². The second-order valence-corrected chi connectivity index (χ2v) is 15.6. The fourth-order valence-electron chi connectivity index (χ4n) is 8.11. The average molecular weight is 846 g/mol. The van der Waals surface area contributed by atoms with E-state index in [0.717, 1.165) is 27.8 Å². The molecule has 1 N–H and O–H groups in total. The molecule has 3 fully saturated rings. The maximum Gasteiger partial charge on any atom is 0.217 e. The number of fused-ring (bicyclic) bond motifs is 1. The van der Waals surface area contributed by atoms with Gasteiger partial charge in [0.15, 0.2) is 18.9 Å². The normalized spacial score (nSPS) is 28.5. The number of hydrogen-bond acceptors (Lipinski definition) is 11. The lowest BCUT2D eigenvalue weighted by molar-refractivity contribution is -0.383. The van der Waals surface area contributed by atoms with Crippen LogP contribution in [0.1, 0.15) is 41.0 Å². The Balaban J connectivity index is 1.17. The highest BCUT2D eigenvalue weighted by Crippen LogP contribution is 2.39. The molecule has 3 aliphatic rings. The minimum Gasteiger partial charge on any atom is -0.374 e. The van der Waals surface area contributed by atoms with Gasteiger partial charge in [-0.2, -0.15) is 0 Å². The van der Waals surface area contributed by atoms with Crippen molar-refractivity contribution >= 4 is 5.91 Å². The molecule has 0 radical (unpaired) electrons. The van der Waals surface area contributed by atoms with Crippen LogP contribution in [0, 0.1) is 0 Å². The van der Waals surface area contributed by atoms with Crippen molar-refractivity contribution in [1.82, 2.24) is 5.32 Å². The number of methoxy groups -OCH3 is 1. The Bertz CT molecular complexity index is 2070. The Labute approximate surface area is 363 Å². The molecule has 5 aromatic carbocycles. The van der Waals surface area contributed by atoms with Crippen LogP contribution in [0.25, 0.3) is 0 Å². The Kier molecular flexibility index (Phi) is 15.5. The fraction of sp³-hybridized carbons (Fsp3) is 0.380. The van der Waals surface area contributed by atoms with Crippen molar-refractivity contribution in [3.63, 3.8) is 0 Å². The smallest absolute Gasteiger partial charge is 0.217 e. The van der Waals surface area contributed by atoms with Crippen molar-refractivity contribution in [2.75, 3.05) is 20.3 Å². The molecule has 0 bridgehead atoms. The largest absolute Gasteiger partial charge is 0.374 e. The summed E-state index contributed by atoms with van der Waals surface area (Å²) in [6, 6.07) is 48.7. The molecule has 0 unspecified atom stereocenters. The van der Waals surface area contributed by atoms with E-state index < -0.39 is 67.6 Å². The molecule has 0 aromatic heterocycles. The standard InChI is InChI=1S/C50H55NO11/c1-34(52)51-42-45(44-41(59-49(42)53-2)33-58-48(61-44)39-26-16-7-17-27-39)62-50-47(57-31-38-24-14-6-15-25-38)46(56-30-37-22-12-5-13-23-37)43(55-29-36-20-10-4-11-21-36)40(60-50)32-54-28-35-18-8-3-9-19-35/h3-27,40-50H,28-33H2,1-2H3,(H,51,52)/t40-,41-,42-,43+,44-,45-,46+,47-,48+,49+,50+/m1/s1. The van der Waals surface area contributed by atoms with Gasteiger partial charge in [0.1, 0.15) is 48.8 Å². The predicted molar refractivity (Wildman–Crippen MR) is 228 cm³/mol. The third-order valence-corrected chi connectivity index (χ3v) is 11.1. The van der Waals surface area contributed by atoms with Crippen molar-refractivity contribution < 1.29 is 52.2 Å². The lowest BCUT2D eigenvalue weighted by Gasteiger charge is -2.52. The number of carbonyl (C=O) groups is 1. The van der Waals surface area contributed by atoms with E-state index in [1.165, 1.54) is 14.0 Å². The van der Waals surface area contributed by atoms with Crippen LogP contribution in [-0.4, -0.2) is 87.6 Å². The zero-order valence-corrected chi connectivity index (χ0v) is 35.0. The molecule has 0 saturated carbocycles. The van der Waals surface area contributed by atoms with Gasteiger partial charge in [0.25, 0.3) is 0 Å². The van der Waals surface area contributed by atoms with E-state index in [1.54, 1.807) is 0 Å². The number of hydrogen-bond donors (Lipinski definition) is 1. The van der Waals surface area contributed by atoms with Crippen LogP contribution in [0.15, 0.2) is 152 Å². The van der Waals surface area contributed by atoms with Crippen molar-refractivity contribution in [1.29, 1.82) is 0 Å². The number of ether oxygens (including phenoxy) is 10. The topological polar surface area (TPSA) is 121 Å². The van der Waals surface area contributed by atoms with Crippen molar-refractivity contribution in [3.8, 4) is 0 Å². The van der Waals surface area contributed by atoms with Crippen molar-refractivity contribution in [2.45, 2.75) is 101 Å². The second-order valence-electron chi connectivity index (χ2n) is 15.6. The summed E-state index contributed by atoms with van der Waals surface area (Å²) in [4.78, 5) is 12.9. The summed E-state index contributed by atoms with van der Waals surface area (Å²) in [5.74, 6) is -0.300. The van der Waals surface area contributed by atoms with Crippen LogP contribution < -0.4 is 5.32 Å². The number of benzene rings is 5. The zero-order valence-electron chi connectivity index (χ0n) is 35.0. The third kappa shape index (κ3) is 11.4. The Morgan fingerprint density at radius 1 is 0.581 bits per heavy atom. The van der Waals surface area contributed by atoms with E-state index in [0.29, 0.717) is 6.61 Å². The quantitative estimate of drug-likeness (QED) is 0.0977. The van der Waals surface area contributed by atoms with Gasteiger partial charge in [-0.25, -0.2) is 0 Å². The molecule has 12 heteroatoms. The molecule has 5 aromatic rings. The van der Waals surface area contributed by atoms with Gasteiger partial charge in [-0.15, -0.1) is 0 Å². The molecule has 0 spiro atoms.